The Morgan fingerprint density at radius 1 is 0.400 bits per heavy atom. The van der Waals surface area contributed by atoms with Crippen molar-refractivity contribution in [2.45, 2.75) is 11.8 Å². The van der Waals surface area contributed by atoms with E-state index in [-0.39, 0.29) is 11.6 Å². The van der Waals surface area contributed by atoms with Gasteiger partial charge in [0.05, 0.1) is 11.8 Å². The topological polar surface area (TPSA) is 34.1 Å². The minimum atomic E-state index is -0.622. The van der Waals surface area contributed by atoms with E-state index >= 15 is 0 Å². The Hall–Kier alpha value is -3.78. The first-order valence-electron chi connectivity index (χ1n) is 10.0. The molecule has 0 aromatic heterocycles. The number of benzene rings is 4. The number of hydrogen-bond donors (Lipinski definition) is 0. The highest BCUT2D eigenvalue weighted by molar-refractivity contribution is 6.09. The van der Waals surface area contributed by atoms with Crippen LogP contribution in [0.5, 0.6) is 0 Å². The fraction of sp³-hybridized carbons (Fsp3) is 0.0714. The molecule has 30 heavy (non-hydrogen) atoms. The fourth-order valence-electron chi connectivity index (χ4n) is 3.88. The Labute approximate surface area is 176 Å². The third-order valence-electron chi connectivity index (χ3n) is 5.33. The van der Waals surface area contributed by atoms with E-state index in [4.69, 9.17) is 0 Å². The molecular weight excluding hydrogens is 368 g/mol. The van der Waals surface area contributed by atoms with Crippen molar-refractivity contribution >= 4 is 11.6 Å². The molecule has 0 bridgehead atoms. The van der Waals surface area contributed by atoms with Gasteiger partial charge in [-0.25, -0.2) is 0 Å². The Morgan fingerprint density at radius 2 is 0.667 bits per heavy atom. The second-order valence-electron chi connectivity index (χ2n) is 7.24. The number of carbonyl (C=O) groups is 2. The highest BCUT2D eigenvalue weighted by atomic mass is 16.1. The van der Waals surface area contributed by atoms with Crippen LogP contribution in [0, 0.1) is 0 Å². The summed E-state index contributed by atoms with van der Waals surface area (Å²) in [5, 5.41) is 0. The molecule has 2 heteroatoms. The normalized spacial score (nSPS) is 12.7. The average Bonchev–Trinajstić information content (AvgIpc) is 2.84. The number of ketones is 2. The van der Waals surface area contributed by atoms with Crippen LogP contribution >= 0.6 is 0 Å². The van der Waals surface area contributed by atoms with Gasteiger partial charge in [0, 0.05) is 11.1 Å². The van der Waals surface area contributed by atoms with Gasteiger partial charge in [-0.2, -0.15) is 0 Å². The van der Waals surface area contributed by atoms with Crippen LogP contribution in [0.15, 0.2) is 121 Å². The minimum Gasteiger partial charge on any atom is -0.293 e. The summed E-state index contributed by atoms with van der Waals surface area (Å²) in [5.41, 5.74) is 2.88. The Morgan fingerprint density at radius 3 is 0.967 bits per heavy atom. The van der Waals surface area contributed by atoms with Gasteiger partial charge < -0.3 is 0 Å². The quantitative estimate of drug-likeness (QED) is 0.346. The van der Waals surface area contributed by atoms with Crippen LogP contribution in [0.3, 0.4) is 0 Å². The number of Topliss-reactive ketones (excluding diaryl/α,β-unsaturated/α-hetero) is 2. The summed E-state index contributed by atoms with van der Waals surface area (Å²) in [6.07, 6.45) is 0. The van der Waals surface area contributed by atoms with Gasteiger partial charge >= 0.3 is 0 Å². The van der Waals surface area contributed by atoms with Crippen LogP contribution in [0.4, 0.5) is 0 Å². The van der Waals surface area contributed by atoms with Crippen molar-refractivity contribution in [1.82, 2.24) is 0 Å². The zero-order chi connectivity index (χ0) is 20.8. The third-order valence-corrected chi connectivity index (χ3v) is 5.33. The average molecular weight is 390 g/mol. The van der Waals surface area contributed by atoms with Crippen LogP contribution in [0.1, 0.15) is 43.7 Å². The highest BCUT2D eigenvalue weighted by Gasteiger charge is 2.36. The molecule has 2 atom stereocenters. The summed E-state index contributed by atoms with van der Waals surface area (Å²) < 4.78 is 0. The smallest absolute Gasteiger partial charge is 0.171 e. The molecular formula is C28H22O2. The van der Waals surface area contributed by atoms with Gasteiger partial charge in [0.25, 0.3) is 0 Å². The van der Waals surface area contributed by atoms with Crippen LogP contribution in [0.25, 0.3) is 0 Å². The van der Waals surface area contributed by atoms with Crippen LogP contribution in [0.2, 0.25) is 0 Å². The lowest BCUT2D eigenvalue weighted by Gasteiger charge is -2.26. The molecule has 0 saturated carbocycles. The van der Waals surface area contributed by atoms with Gasteiger partial charge in [-0.05, 0) is 11.1 Å². The molecule has 0 radical (unpaired) electrons. The first-order valence-corrected chi connectivity index (χ1v) is 10.0. The summed E-state index contributed by atoms with van der Waals surface area (Å²) in [6.45, 7) is 0. The van der Waals surface area contributed by atoms with E-state index < -0.39 is 11.8 Å². The van der Waals surface area contributed by atoms with Gasteiger partial charge in [-0.15, -0.1) is 0 Å². The van der Waals surface area contributed by atoms with E-state index in [1.54, 1.807) is 0 Å². The molecule has 0 amide bonds. The Balaban J connectivity index is 1.89. The second kappa shape index (κ2) is 9.15. The summed E-state index contributed by atoms with van der Waals surface area (Å²) in [6, 6.07) is 37.6. The van der Waals surface area contributed by atoms with E-state index in [2.05, 4.69) is 0 Å². The van der Waals surface area contributed by atoms with Gasteiger partial charge in [0.2, 0.25) is 0 Å². The molecule has 4 rings (SSSR count). The second-order valence-corrected chi connectivity index (χ2v) is 7.24. The summed E-state index contributed by atoms with van der Waals surface area (Å²) in [5.74, 6) is -1.35. The summed E-state index contributed by atoms with van der Waals surface area (Å²) >= 11 is 0. The highest BCUT2D eigenvalue weighted by Crippen LogP contribution is 2.38. The molecule has 0 spiro atoms. The van der Waals surface area contributed by atoms with Crippen molar-refractivity contribution in [3.8, 4) is 0 Å². The molecule has 0 saturated heterocycles. The first-order chi connectivity index (χ1) is 14.8. The predicted molar refractivity (Wildman–Crippen MR) is 120 cm³/mol. The Bertz CT molecular complexity index is 1010. The van der Waals surface area contributed by atoms with Crippen molar-refractivity contribution in [2.24, 2.45) is 0 Å². The zero-order valence-corrected chi connectivity index (χ0v) is 16.5. The van der Waals surface area contributed by atoms with Gasteiger partial charge in [0.1, 0.15) is 0 Å². The zero-order valence-electron chi connectivity index (χ0n) is 16.5. The molecule has 2 nitrogen and oxygen atoms in total. The van der Waals surface area contributed by atoms with Crippen molar-refractivity contribution in [3.63, 3.8) is 0 Å². The van der Waals surface area contributed by atoms with Gasteiger partial charge in [-0.3, -0.25) is 9.59 Å². The van der Waals surface area contributed by atoms with E-state index in [1.807, 2.05) is 121 Å². The number of hydrogen-bond acceptors (Lipinski definition) is 2. The maximum Gasteiger partial charge on any atom is 0.171 e. The molecule has 0 heterocycles. The standard InChI is InChI=1S/C28H22O2/c29-27(23-17-9-3-10-18-23)25(21-13-5-1-6-14-21)26(22-15-7-2-8-16-22)28(30)24-19-11-4-12-20-24/h1-20,25-26H/t25-,26+. The molecule has 4 aromatic carbocycles. The monoisotopic (exact) mass is 390 g/mol. The van der Waals surface area contributed by atoms with E-state index in [0.29, 0.717) is 11.1 Å². The SMILES string of the molecule is O=C(c1ccccc1)[C@H](c1ccccc1)[C@@H](C(=O)c1ccccc1)c1ccccc1. The van der Waals surface area contributed by atoms with Gasteiger partial charge in [0.15, 0.2) is 11.6 Å². The maximum absolute atomic E-state index is 13.7. The van der Waals surface area contributed by atoms with E-state index in [1.165, 1.54) is 0 Å². The lowest BCUT2D eigenvalue weighted by molar-refractivity contribution is 0.0866. The summed E-state index contributed by atoms with van der Waals surface area (Å²) in [4.78, 5) is 27.5. The van der Waals surface area contributed by atoms with Crippen LogP contribution in [-0.2, 0) is 0 Å². The van der Waals surface area contributed by atoms with Crippen molar-refractivity contribution < 1.29 is 9.59 Å². The summed E-state index contributed by atoms with van der Waals surface area (Å²) in [7, 11) is 0. The number of carbonyl (C=O) groups excluding carboxylic acids is 2. The lowest BCUT2D eigenvalue weighted by Crippen LogP contribution is -2.27. The molecule has 0 N–H and O–H groups in total. The predicted octanol–water partition coefficient (Wildman–Crippen LogP) is 6.32. The molecule has 0 aliphatic heterocycles. The first kappa shape index (κ1) is 19.5. The van der Waals surface area contributed by atoms with Crippen LogP contribution < -0.4 is 0 Å². The largest absolute Gasteiger partial charge is 0.293 e. The molecule has 0 unspecified atom stereocenters. The van der Waals surface area contributed by atoms with Gasteiger partial charge in [-0.1, -0.05) is 121 Å². The van der Waals surface area contributed by atoms with Crippen molar-refractivity contribution in [3.05, 3.63) is 144 Å². The van der Waals surface area contributed by atoms with E-state index in [0.717, 1.165) is 11.1 Å². The maximum atomic E-state index is 13.7. The number of rotatable bonds is 7. The molecule has 146 valence electrons. The minimum absolute atomic E-state index is 0.0556. The van der Waals surface area contributed by atoms with Crippen molar-refractivity contribution in [2.75, 3.05) is 0 Å². The Kier molecular flexibility index (Phi) is 5.95. The molecule has 0 fully saturated rings. The van der Waals surface area contributed by atoms with Crippen LogP contribution in [-0.4, -0.2) is 11.6 Å². The fourth-order valence-corrected chi connectivity index (χ4v) is 3.88. The van der Waals surface area contributed by atoms with Crippen molar-refractivity contribution in [1.29, 1.82) is 0 Å². The molecule has 0 aliphatic rings. The molecule has 0 aliphatic carbocycles. The molecule has 4 aromatic rings. The third kappa shape index (κ3) is 4.13. The lowest BCUT2D eigenvalue weighted by atomic mass is 9.73. The van der Waals surface area contributed by atoms with E-state index in [9.17, 15) is 9.59 Å².